The van der Waals surface area contributed by atoms with E-state index in [9.17, 15) is 9.18 Å². The SMILES string of the molecule is CC(C)(C[C@H]1CCNC[C@H]1F)C(N)=O. The van der Waals surface area contributed by atoms with Crippen LogP contribution in [0, 0.1) is 11.3 Å². The van der Waals surface area contributed by atoms with E-state index in [1.807, 2.05) is 0 Å². The molecule has 1 aliphatic heterocycles. The van der Waals surface area contributed by atoms with Crippen molar-refractivity contribution in [1.29, 1.82) is 0 Å². The highest BCUT2D eigenvalue weighted by atomic mass is 19.1. The Hall–Kier alpha value is -0.640. The number of nitrogens with two attached hydrogens (primary N) is 1. The van der Waals surface area contributed by atoms with Crippen molar-refractivity contribution in [2.75, 3.05) is 13.1 Å². The Morgan fingerprint density at radius 1 is 1.64 bits per heavy atom. The zero-order chi connectivity index (χ0) is 10.8. The lowest BCUT2D eigenvalue weighted by atomic mass is 9.78. The minimum absolute atomic E-state index is 0.0289. The largest absolute Gasteiger partial charge is 0.369 e. The van der Waals surface area contributed by atoms with Gasteiger partial charge in [0.25, 0.3) is 0 Å². The van der Waals surface area contributed by atoms with E-state index in [4.69, 9.17) is 5.73 Å². The quantitative estimate of drug-likeness (QED) is 0.712. The maximum atomic E-state index is 13.4. The van der Waals surface area contributed by atoms with E-state index in [1.165, 1.54) is 0 Å². The highest BCUT2D eigenvalue weighted by Gasteiger charge is 2.33. The molecule has 0 unspecified atom stereocenters. The van der Waals surface area contributed by atoms with Crippen molar-refractivity contribution < 1.29 is 9.18 Å². The molecule has 82 valence electrons. The second-order valence-electron chi connectivity index (χ2n) is 4.72. The molecule has 0 bridgehead atoms. The molecule has 1 amide bonds. The van der Waals surface area contributed by atoms with Crippen molar-refractivity contribution in [1.82, 2.24) is 5.32 Å². The molecule has 1 fully saturated rings. The van der Waals surface area contributed by atoms with Crippen LogP contribution >= 0.6 is 0 Å². The van der Waals surface area contributed by atoms with E-state index in [2.05, 4.69) is 5.32 Å². The number of rotatable bonds is 3. The summed E-state index contributed by atoms with van der Waals surface area (Å²) in [6.07, 6.45) is 0.491. The Bertz CT molecular complexity index is 218. The van der Waals surface area contributed by atoms with Crippen LogP contribution in [0.15, 0.2) is 0 Å². The molecule has 1 rings (SSSR count). The van der Waals surface area contributed by atoms with Crippen molar-refractivity contribution >= 4 is 5.91 Å². The fraction of sp³-hybridized carbons (Fsp3) is 0.900. The average molecular weight is 202 g/mol. The third-order valence-corrected chi connectivity index (χ3v) is 2.98. The number of nitrogens with one attached hydrogen (secondary N) is 1. The third-order valence-electron chi connectivity index (χ3n) is 2.98. The molecule has 14 heavy (non-hydrogen) atoms. The van der Waals surface area contributed by atoms with Crippen molar-refractivity contribution in [3.63, 3.8) is 0 Å². The Balaban J connectivity index is 2.53. The first-order valence-corrected chi connectivity index (χ1v) is 5.08. The highest BCUT2D eigenvalue weighted by Crippen LogP contribution is 2.31. The van der Waals surface area contributed by atoms with Crippen LogP contribution in [0.1, 0.15) is 26.7 Å². The smallest absolute Gasteiger partial charge is 0.223 e. The van der Waals surface area contributed by atoms with Gasteiger partial charge in [0.15, 0.2) is 0 Å². The Morgan fingerprint density at radius 3 is 2.79 bits per heavy atom. The second kappa shape index (κ2) is 4.26. The number of piperidine rings is 1. The lowest BCUT2D eigenvalue weighted by Gasteiger charge is -2.32. The van der Waals surface area contributed by atoms with E-state index >= 15 is 0 Å². The molecule has 0 aromatic carbocycles. The zero-order valence-corrected chi connectivity index (χ0v) is 8.85. The molecule has 0 spiro atoms. The molecule has 4 heteroatoms. The standard InChI is InChI=1S/C10H19FN2O/c1-10(2,9(12)14)5-7-3-4-13-6-8(7)11/h7-8,13H,3-6H2,1-2H3,(H2,12,14)/t7-,8-/m1/s1. The van der Waals surface area contributed by atoms with Gasteiger partial charge in [-0.2, -0.15) is 0 Å². The molecule has 3 nitrogen and oxygen atoms in total. The van der Waals surface area contributed by atoms with Gasteiger partial charge in [0.1, 0.15) is 6.17 Å². The molecular weight excluding hydrogens is 183 g/mol. The summed E-state index contributed by atoms with van der Waals surface area (Å²) in [7, 11) is 0. The van der Waals surface area contributed by atoms with Gasteiger partial charge < -0.3 is 11.1 Å². The molecule has 2 atom stereocenters. The fourth-order valence-electron chi connectivity index (χ4n) is 1.86. The first-order valence-electron chi connectivity index (χ1n) is 5.08. The summed E-state index contributed by atoms with van der Waals surface area (Å²) < 4.78 is 13.4. The van der Waals surface area contributed by atoms with Crippen LogP contribution in [0.4, 0.5) is 4.39 Å². The Morgan fingerprint density at radius 2 is 2.29 bits per heavy atom. The van der Waals surface area contributed by atoms with Gasteiger partial charge in [-0.25, -0.2) is 4.39 Å². The minimum Gasteiger partial charge on any atom is -0.369 e. The number of hydrogen-bond donors (Lipinski definition) is 2. The zero-order valence-electron chi connectivity index (χ0n) is 8.85. The van der Waals surface area contributed by atoms with Gasteiger partial charge in [-0.05, 0) is 25.3 Å². The Kier molecular flexibility index (Phi) is 3.48. The molecule has 1 saturated heterocycles. The van der Waals surface area contributed by atoms with Crippen LogP contribution in [0.25, 0.3) is 0 Å². The van der Waals surface area contributed by atoms with Gasteiger partial charge in [-0.3, -0.25) is 4.79 Å². The molecule has 3 N–H and O–H groups in total. The molecule has 0 aromatic heterocycles. The van der Waals surface area contributed by atoms with E-state index in [-0.39, 0.29) is 11.8 Å². The molecule has 1 aliphatic rings. The number of hydrogen-bond acceptors (Lipinski definition) is 2. The summed E-state index contributed by atoms with van der Waals surface area (Å²) in [5.74, 6) is -0.373. The van der Waals surface area contributed by atoms with Crippen LogP contribution in [0.2, 0.25) is 0 Å². The molecule has 0 aromatic rings. The number of amides is 1. The van der Waals surface area contributed by atoms with Crippen molar-refractivity contribution in [2.45, 2.75) is 32.9 Å². The van der Waals surface area contributed by atoms with Crippen LogP contribution in [0.3, 0.4) is 0 Å². The first-order chi connectivity index (χ1) is 6.43. The molecule has 0 aliphatic carbocycles. The maximum Gasteiger partial charge on any atom is 0.223 e. The van der Waals surface area contributed by atoms with Gasteiger partial charge >= 0.3 is 0 Å². The van der Waals surface area contributed by atoms with Gasteiger partial charge in [0.05, 0.1) is 0 Å². The van der Waals surface area contributed by atoms with Crippen LogP contribution in [0.5, 0.6) is 0 Å². The summed E-state index contributed by atoms with van der Waals surface area (Å²) in [5, 5.41) is 2.99. The normalized spacial score (nSPS) is 28.8. The summed E-state index contributed by atoms with van der Waals surface area (Å²) in [6.45, 7) is 4.80. The predicted molar refractivity (Wildman–Crippen MR) is 53.5 cm³/mol. The average Bonchev–Trinajstić information content (AvgIpc) is 2.08. The van der Waals surface area contributed by atoms with E-state index < -0.39 is 11.6 Å². The van der Waals surface area contributed by atoms with E-state index in [0.717, 1.165) is 13.0 Å². The topological polar surface area (TPSA) is 55.1 Å². The predicted octanol–water partition coefficient (Wildman–Crippen LogP) is 0.836. The van der Waals surface area contributed by atoms with Gasteiger partial charge in [-0.1, -0.05) is 13.8 Å². The highest BCUT2D eigenvalue weighted by molar-refractivity contribution is 5.79. The van der Waals surface area contributed by atoms with E-state index in [1.54, 1.807) is 13.8 Å². The van der Waals surface area contributed by atoms with Crippen LogP contribution in [-0.2, 0) is 4.79 Å². The monoisotopic (exact) mass is 202 g/mol. The Labute approximate surface area is 84.2 Å². The molecular formula is C10H19FN2O. The molecule has 0 radical (unpaired) electrons. The second-order valence-corrected chi connectivity index (χ2v) is 4.72. The van der Waals surface area contributed by atoms with Gasteiger partial charge in [0, 0.05) is 12.0 Å². The summed E-state index contributed by atoms with van der Waals surface area (Å²) in [5.41, 5.74) is 4.66. The summed E-state index contributed by atoms with van der Waals surface area (Å²) >= 11 is 0. The third kappa shape index (κ3) is 2.67. The van der Waals surface area contributed by atoms with Gasteiger partial charge in [0.2, 0.25) is 5.91 Å². The van der Waals surface area contributed by atoms with Gasteiger partial charge in [-0.15, -0.1) is 0 Å². The maximum absolute atomic E-state index is 13.4. The number of alkyl halides is 1. The van der Waals surface area contributed by atoms with Crippen molar-refractivity contribution in [2.24, 2.45) is 17.1 Å². The van der Waals surface area contributed by atoms with Crippen molar-refractivity contribution in [3.05, 3.63) is 0 Å². The van der Waals surface area contributed by atoms with Crippen molar-refractivity contribution in [3.8, 4) is 0 Å². The number of primary amides is 1. The number of halogens is 1. The lowest BCUT2D eigenvalue weighted by molar-refractivity contribution is -0.127. The summed E-state index contributed by atoms with van der Waals surface area (Å²) in [4.78, 5) is 11.1. The molecule has 1 heterocycles. The first kappa shape index (κ1) is 11.4. The fourth-order valence-corrected chi connectivity index (χ4v) is 1.86. The molecule has 0 saturated carbocycles. The lowest BCUT2D eigenvalue weighted by Crippen LogP contribution is -2.42. The van der Waals surface area contributed by atoms with E-state index in [0.29, 0.717) is 13.0 Å². The van der Waals surface area contributed by atoms with Crippen LogP contribution < -0.4 is 11.1 Å². The van der Waals surface area contributed by atoms with Crippen LogP contribution in [-0.4, -0.2) is 25.2 Å². The summed E-state index contributed by atoms with van der Waals surface area (Å²) in [6, 6.07) is 0. The number of carbonyl (C=O) groups excluding carboxylic acids is 1. The minimum atomic E-state index is -0.845. The number of carbonyl (C=O) groups is 1.